The molecule has 0 saturated carbocycles. The van der Waals surface area contributed by atoms with E-state index in [9.17, 15) is 9.59 Å². The second-order valence-corrected chi connectivity index (χ2v) is 7.92. The van der Waals surface area contributed by atoms with Gasteiger partial charge in [-0.3, -0.25) is 4.79 Å². The summed E-state index contributed by atoms with van der Waals surface area (Å²) in [6.45, 7) is 4.44. The molecule has 0 N–H and O–H groups in total. The zero-order valence-corrected chi connectivity index (χ0v) is 19.5. The van der Waals surface area contributed by atoms with E-state index in [1.807, 2.05) is 31.2 Å². The van der Waals surface area contributed by atoms with Crippen molar-refractivity contribution in [2.75, 3.05) is 53.2 Å². The van der Waals surface area contributed by atoms with Crippen molar-refractivity contribution < 1.29 is 28.5 Å². The van der Waals surface area contributed by atoms with Crippen molar-refractivity contribution in [3.05, 3.63) is 59.7 Å². The van der Waals surface area contributed by atoms with E-state index < -0.39 is 0 Å². The number of likely N-dealkylation sites (N-methyl/N-ethyl adjacent to an activating group) is 1. The van der Waals surface area contributed by atoms with Crippen LogP contribution in [0.2, 0.25) is 0 Å². The van der Waals surface area contributed by atoms with E-state index in [0.717, 1.165) is 6.42 Å². The van der Waals surface area contributed by atoms with Crippen LogP contribution in [0.1, 0.15) is 36.8 Å². The number of nitrogens with zero attached hydrogens (tertiary/aromatic N) is 1. The Labute approximate surface area is 195 Å². The smallest absolute Gasteiger partial charge is 0.409 e. The van der Waals surface area contributed by atoms with Crippen molar-refractivity contribution in [3.8, 4) is 11.1 Å². The number of benzene rings is 2. The topological polar surface area (TPSA) is 74.3 Å². The summed E-state index contributed by atoms with van der Waals surface area (Å²) in [5.41, 5.74) is 4.80. The molecule has 0 saturated heterocycles. The summed E-state index contributed by atoms with van der Waals surface area (Å²) in [4.78, 5) is 25.2. The fraction of sp³-hybridized carbons (Fsp3) is 0.462. The molecule has 0 aliphatic heterocycles. The number of ether oxygens (including phenoxy) is 4. The van der Waals surface area contributed by atoms with E-state index in [1.54, 1.807) is 7.05 Å². The highest BCUT2D eigenvalue weighted by Gasteiger charge is 2.29. The first-order valence-corrected chi connectivity index (χ1v) is 11.5. The maximum atomic E-state index is 12.4. The monoisotopic (exact) mass is 455 g/mol. The second-order valence-electron chi connectivity index (χ2n) is 7.92. The Kier molecular flexibility index (Phi) is 9.72. The molecule has 1 aliphatic rings. The first-order chi connectivity index (χ1) is 16.1. The molecular formula is C26H33NO6. The molecule has 7 nitrogen and oxygen atoms in total. The lowest BCUT2D eigenvalue weighted by atomic mass is 9.98. The lowest BCUT2D eigenvalue weighted by Crippen LogP contribution is -2.32. The maximum Gasteiger partial charge on any atom is 0.409 e. The Morgan fingerprint density at radius 1 is 0.818 bits per heavy atom. The Bertz CT molecular complexity index is 870. The highest BCUT2D eigenvalue weighted by Crippen LogP contribution is 2.44. The van der Waals surface area contributed by atoms with Gasteiger partial charge >= 0.3 is 12.1 Å². The van der Waals surface area contributed by atoms with E-state index in [0.29, 0.717) is 46.0 Å². The average Bonchev–Trinajstić information content (AvgIpc) is 3.15. The number of carbonyl (C=O) groups excluding carboxylic acids is 2. The van der Waals surface area contributed by atoms with Crippen LogP contribution in [-0.4, -0.2) is 70.2 Å². The molecule has 3 rings (SSSR count). The minimum Gasteiger partial charge on any atom is -0.463 e. The normalized spacial score (nSPS) is 12.2. The predicted octanol–water partition coefficient (Wildman–Crippen LogP) is 4.24. The Morgan fingerprint density at radius 3 is 2.03 bits per heavy atom. The molecule has 0 aromatic heterocycles. The van der Waals surface area contributed by atoms with Crippen LogP contribution < -0.4 is 0 Å². The van der Waals surface area contributed by atoms with Gasteiger partial charge in [0.25, 0.3) is 0 Å². The number of fused-ring (bicyclic) bond motifs is 3. The fourth-order valence-electron chi connectivity index (χ4n) is 3.81. The summed E-state index contributed by atoms with van der Waals surface area (Å²) in [6.07, 6.45) is 0.837. The largest absolute Gasteiger partial charge is 0.463 e. The van der Waals surface area contributed by atoms with Crippen LogP contribution in [0.4, 0.5) is 4.79 Å². The lowest BCUT2D eigenvalue weighted by molar-refractivity contribution is -0.145. The number of rotatable bonds is 13. The molecule has 1 aliphatic carbocycles. The summed E-state index contributed by atoms with van der Waals surface area (Å²) >= 11 is 0. The molecule has 0 spiro atoms. The molecule has 7 heteroatoms. The van der Waals surface area contributed by atoms with Gasteiger partial charge in [0.05, 0.1) is 26.4 Å². The highest BCUT2D eigenvalue weighted by atomic mass is 16.6. The van der Waals surface area contributed by atoms with Crippen molar-refractivity contribution in [1.29, 1.82) is 0 Å². The predicted molar refractivity (Wildman–Crippen MR) is 125 cm³/mol. The Morgan fingerprint density at radius 2 is 1.39 bits per heavy atom. The maximum absolute atomic E-state index is 12.4. The minimum atomic E-state index is -0.370. The molecule has 0 heterocycles. The van der Waals surface area contributed by atoms with E-state index in [2.05, 4.69) is 24.3 Å². The number of hydrogen-bond donors (Lipinski definition) is 0. The van der Waals surface area contributed by atoms with Gasteiger partial charge in [-0.2, -0.15) is 0 Å². The third-order valence-corrected chi connectivity index (χ3v) is 5.54. The van der Waals surface area contributed by atoms with Crippen molar-refractivity contribution in [3.63, 3.8) is 0 Å². The Hall–Kier alpha value is -2.90. The zero-order valence-electron chi connectivity index (χ0n) is 19.5. The average molecular weight is 456 g/mol. The van der Waals surface area contributed by atoms with Gasteiger partial charge in [-0.15, -0.1) is 0 Å². The zero-order chi connectivity index (χ0) is 23.5. The first kappa shape index (κ1) is 24.7. The van der Waals surface area contributed by atoms with E-state index in [-0.39, 0.29) is 24.6 Å². The molecule has 0 fully saturated rings. The molecule has 0 atom stereocenters. The number of carbonyl (C=O) groups is 2. The Balaban J connectivity index is 1.31. The first-order valence-electron chi connectivity index (χ1n) is 11.5. The van der Waals surface area contributed by atoms with E-state index >= 15 is 0 Å². The third kappa shape index (κ3) is 7.04. The molecule has 0 radical (unpaired) electrons. The lowest BCUT2D eigenvalue weighted by Gasteiger charge is -2.19. The van der Waals surface area contributed by atoms with Crippen LogP contribution in [0.25, 0.3) is 11.1 Å². The number of hydrogen-bond acceptors (Lipinski definition) is 6. The van der Waals surface area contributed by atoms with Crippen LogP contribution in [0.5, 0.6) is 0 Å². The van der Waals surface area contributed by atoms with Crippen LogP contribution in [0, 0.1) is 0 Å². The van der Waals surface area contributed by atoms with Gasteiger partial charge in [-0.05, 0) is 28.7 Å². The molecule has 2 aromatic rings. The molecule has 2 aromatic carbocycles. The van der Waals surface area contributed by atoms with Crippen molar-refractivity contribution in [1.82, 2.24) is 4.90 Å². The summed E-state index contributed by atoms with van der Waals surface area (Å²) in [5, 5.41) is 0. The quantitative estimate of drug-likeness (QED) is 0.332. The summed E-state index contributed by atoms with van der Waals surface area (Å²) in [5.74, 6) is -0.155. The summed E-state index contributed by atoms with van der Waals surface area (Å²) < 4.78 is 21.5. The van der Waals surface area contributed by atoms with Crippen LogP contribution in [-0.2, 0) is 23.7 Å². The van der Waals surface area contributed by atoms with E-state index in [4.69, 9.17) is 18.9 Å². The van der Waals surface area contributed by atoms with Gasteiger partial charge in [-0.25, -0.2) is 4.79 Å². The van der Waals surface area contributed by atoms with Crippen molar-refractivity contribution >= 4 is 12.1 Å². The molecular weight excluding hydrogens is 422 g/mol. The highest BCUT2D eigenvalue weighted by molar-refractivity contribution is 5.79. The van der Waals surface area contributed by atoms with Gasteiger partial charge in [0.15, 0.2) is 0 Å². The summed E-state index contributed by atoms with van der Waals surface area (Å²) in [7, 11) is 1.70. The number of esters is 1. The second kappa shape index (κ2) is 13.0. The standard InChI is InChI=1S/C26H33NO6/c1-3-8-25(28)32-18-17-31-16-15-30-14-13-27(2)26(29)33-19-24-22-11-6-4-9-20(22)21-10-5-7-12-23(21)24/h4-7,9-12,24H,3,8,13-19H2,1-2H3. The van der Waals surface area contributed by atoms with E-state index in [1.165, 1.54) is 27.2 Å². The molecule has 33 heavy (non-hydrogen) atoms. The fourth-order valence-corrected chi connectivity index (χ4v) is 3.81. The van der Waals surface area contributed by atoms with Gasteiger partial charge in [0.2, 0.25) is 0 Å². The minimum absolute atomic E-state index is 0.0457. The number of amides is 1. The summed E-state index contributed by atoms with van der Waals surface area (Å²) in [6, 6.07) is 16.5. The van der Waals surface area contributed by atoms with Gasteiger partial charge in [0, 0.05) is 25.9 Å². The van der Waals surface area contributed by atoms with Crippen molar-refractivity contribution in [2.24, 2.45) is 0 Å². The molecule has 0 unspecified atom stereocenters. The molecule has 0 bridgehead atoms. The van der Waals surface area contributed by atoms with Crippen molar-refractivity contribution in [2.45, 2.75) is 25.7 Å². The van der Waals surface area contributed by atoms with Gasteiger partial charge < -0.3 is 23.8 Å². The van der Waals surface area contributed by atoms with Gasteiger partial charge in [0.1, 0.15) is 13.2 Å². The molecule has 1 amide bonds. The SMILES string of the molecule is CCCC(=O)OCCOCCOCCN(C)C(=O)OCC1c2ccccc2-c2ccccc21. The van der Waals surface area contributed by atoms with Crippen LogP contribution in [0.15, 0.2) is 48.5 Å². The molecule has 178 valence electrons. The van der Waals surface area contributed by atoms with Crippen LogP contribution in [0.3, 0.4) is 0 Å². The van der Waals surface area contributed by atoms with Crippen LogP contribution >= 0.6 is 0 Å². The van der Waals surface area contributed by atoms with Gasteiger partial charge in [-0.1, -0.05) is 55.5 Å². The third-order valence-electron chi connectivity index (χ3n) is 5.54.